The van der Waals surface area contributed by atoms with Gasteiger partial charge in [-0.25, -0.2) is 4.39 Å². The normalized spacial score (nSPS) is 10.3. The van der Waals surface area contributed by atoms with Gasteiger partial charge in [0, 0.05) is 19.5 Å². The van der Waals surface area contributed by atoms with Crippen LogP contribution in [0.25, 0.3) is 0 Å². The van der Waals surface area contributed by atoms with Crippen molar-refractivity contribution >= 4 is 23.2 Å². The van der Waals surface area contributed by atoms with Gasteiger partial charge in [-0.2, -0.15) is 0 Å². The van der Waals surface area contributed by atoms with E-state index in [4.69, 9.17) is 0 Å². The van der Waals surface area contributed by atoms with Gasteiger partial charge in [0.25, 0.3) is 5.91 Å². The number of hydrogen-bond acceptors (Lipinski definition) is 3. The first-order chi connectivity index (χ1) is 11.2. The highest BCUT2D eigenvalue weighted by Gasteiger charge is 2.06. The number of thiophene rings is 1. The van der Waals surface area contributed by atoms with Crippen LogP contribution in [0.1, 0.15) is 28.1 Å². The maximum absolute atomic E-state index is 13.4. The van der Waals surface area contributed by atoms with E-state index in [-0.39, 0.29) is 17.6 Å². The topological polar surface area (TPSA) is 58.2 Å². The van der Waals surface area contributed by atoms with E-state index in [1.807, 2.05) is 11.4 Å². The number of rotatable bonds is 8. The number of amides is 2. The summed E-state index contributed by atoms with van der Waals surface area (Å²) in [6.07, 6.45) is 1.37. The average molecular weight is 334 g/mol. The summed E-state index contributed by atoms with van der Waals surface area (Å²) in [6.45, 7) is 0.860. The number of carbonyl (C=O) groups is 2. The number of benzene rings is 1. The molecule has 0 saturated heterocycles. The van der Waals surface area contributed by atoms with Gasteiger partial charge in [0.15, 0.2) is 0 Å². The second kappa shape index (κ2) is 9.05. The van der Waals surface area contributed by atoms with Crippen LogP contribution in [0.2, 0.25) is 0 Å². The van der Waals surface area contributed by atoms with Crippen LogP contribution >= 0.6 is 11.3 Å². The molecule has 1 aromatic carbocycles. The van der Waals surface area contributed by atoms with Gasteiger partial charge in [0.05, 0.1) is 4.88 Å². The zero-order valence-electron chi connectivity index (χ0n) is 12.7. The maximum atomic E-state index is 13.4. The number of hydrogen-bond donors (Lipinski definition) is 2. The highest BCUT2D eigenvalue weighted by Crippen LogP contribution is 2.08. The molecule has 0 radical (unpaired) electrons. The molecule has 2 rings (SSSR count). The molecule has 0 bridgehead atoms. The second-order valence-corrected chi connectivity index (χ2v) is 5.98. The van der Waals surface area contributed by atoms with Crippen molar-refractivity contribution in [3.05, 3.63) is 58.0 Å². The number of halogens is 1. The monoisotopic (exact) mass is 334 g/mol. The Morgan fingerprint density at radius 3 is 2.61 bits per heavy atom. The summed E-state index contributed by atoms with van der Waals surface area (Å²) in [4.78, 5) is 24.0. The van der Waals surface area contributed by atoms with E-state index in [2.05, 4.69) is 10.6 Å². The SMILES string of the molecule is O=C(CCCNC(=O)c1cccs1)NCCc1ccccc1F. The third kappa shape index (κ3) is 5.83. The van der Waals surface area contributed by atoms with Crippen LogP contribution in [0.4, 0.5) is 4.39 Å². The molecule has 6 heteroatoms. The summed E-state index contributed by atoms with van der Waals surface area (Å²) in [5, 5.41) is 7.37. The summed E-state index contributed by atoms with van der Waals surface area (Å²) in [7, 11) is 0. The van der Waals surface area contributed by atoms with Crippen LogP contribution < -0.4 is 10.6 Å². The molecule has 122 valence electrons. The fraction of sp³-hybridized carbons (Fsp3) is 0.294. The van der Waals surface area contributed by atoms with E-state index in [0.717, 1.165) is 0 Å². The standard InChI is InChI=1S/C17H19FN2O2S/c18-14-6-2-1-5-13(14)9-11-19-16(21)8-3-10-20-17(22)15-7-4-12-23-15/h1-2,4-7,12H,3,8-11H2,(H,19,21)(H,20,22). The van der Waals surface area contributed by atoms with E-state index in [0.29, 0.717) is 42.8 Å². The van der Waals surface area contributed by atoms with Gasteiger partial charge in [-0.15, -0.1) is 11.3 Å². The second-order valence-electron chi connectivity index (χ2n) is 5.03. The molecule has 0 aliphatic rings. The molecule has 0 unspecified atom stereocenters. The maximum Gasteiger partial charge on any atom is 0.261 e. The van der Waals surface area contributed by atoms with Crippen LogP contribution in [0.15, 0.2) is 41.8 Å². The lowest BCUT2D eigenvalue weighted by Gasteiger charge is -2.07. The lowest BCUT2D eigenvalue weighted by Crippen LogP contribution is -2.28. The third-order valence-corrected chi connectivity index (χ3v) is 4.15. The molecule has 0 atom stereocenters. The first kappa shape index (κ1) is 17.1. The minimum Gasteiger partial charge on any atom is -0.356 e. The van der Waals surface area contributed by atoms with Crippen molar-refractivity contribution in [3.63, 3.8) is 0 Å². The number of carbonyl (C=O) groups excluding carboxylic acids is 2. The summed E-state index contributed by atoms with van der Waals surface area (Å²) in [5.74, 6) is -0.454. The lowest BCUT2D eigenvalue weighted by molar-refractivity contribution is -0.121. The highest BCUT2D eigenvalue weighted by atomic mass is 32.1. The van der Waals surface area contributed by atoms with E-state index >= 15 is 0 Å². The molecular weight excluding hydrogens is 315 g/mol. The van der Waals surface area contributed by atoms with Crippen molar-refractivity contribution in [3.8, 4) is 0 Å². The first-order valence-corrected chi connectivity index (χ1v) is 8.36. The van der Waals surface area contributed by atoms with Crippen LogP contribution in [0.3, 0.4) is 0 Å². The zero-order chi connectivity index (χ0) is 16.5. The number of nitrogens with one attached hydrogen (secondary N) is 2. The Morgan fingerprint density at radius 2 is 1.87 bits per heavy atom. The summed E-state index contributed by atoms with van der Waals surface area (Å²) >= 11 is 1.38. The molecule has 0 saturated carbocycles. The molecular formula is C17H19FN2O2S. The molecule has 1 aromatic heterocycles. The quantitative estimate of drug-likeness (QED) is 0.729. The van der Waals surface area contributed by atoms with Gasteiger partial charge < -0.3 is 10.6 Å². The molecule has 0 fully saturated rings. The molecule has 1 heterocycles. The van der Waals surface area contributed by atoms with Gasteiger partial charge in [-0.05, 0) is 35.9 Å². The van der Waals surface area contributed by atoms with E-state index in [9.17, 15) is 14.0 Å². The molecule has 0 aliphatic carbocycles. The van der Waals surface area contributed by atoms with Crippen molar-refractivity contribution in [2.24, 2.45) is 0 Å². The Labute approximate surface area is 138 Å². The highest BCUT2D eigenvalue weighted by molar-refractivity contribution is 7.12. The molecule has 2 aromatic rings. The lowest BCUT2D eigenvalue weighted by atomic mass is 10.1. The third-order valence-electron chi connectivity index (χ3n) is 3.29. The van der Waals surface area contributed by atoms with Crippen LogP contribution in [-0.2, 0) is 11.2 Å². The predicted octanol–water partition coefficient (Wildman–Crippen LogP) is 2.76. The minimum absolute atomic E-state index is 0.0910. The largest absolute Gasteiger partial charge is 0.356 e. The summed E-state index contributed by atoms with van der Waals surface area (Å²) in [6, 6.07) is 10.1. The van der Waals surface area contributed by atoms with E-state index in [1.165, 1.54) is 17.4 Å². The van der Waals surface area contributed by atoms with Crippen LogP contribution in [0.5, 0.6) is 0 Å². The average Bonchev–Trinajstić information content (AvgIpc) is 3.08. The van der Waals surface area contributed by atoms with Crippen molar-refractivity contribution in [1.29, 1.82) is 0 Å². The fourth-order valence-corrected chi connectivity index (χ4v) is 2.71. The van der Waals surface area contributed by atoms with Crippen LogP contribution in [0, 0.1) is 5.82 Å². The summed E-state index contributed by atoms with van der Waals surface area (Å²) < 4.78 is 13.4. The van der Waals surface area contributed by atoms with Crippen molar-refractivity contribution < 1.29 is 14.0 Å². The smallest absolute Gasteiger partial charge is 0.261 e. The minimum atomic E-state index is -0.252. The Bertz CT molecular complexity index is 644. The summed E-state index contributed by atoms with van der Waals surface area (Å²) in [5.41, 5.74) is 0.594. The fourth-order valence-electron chi connectivity index (χ4n) is 2.07. The molecule has 23 heavy (non-hydrogen) atoms. The Balaban J connectivity index is 1.57. The Morgan fingerprint density at radius 1 is 1.04 bits per heavy atom. The molecule has 2 amide bonds. The Hall–Kier alpha value is -2.21. The van der Waals surface area contributed by atoms with Crippen molar-refractivity contribution in [2.45, 2.75) is 19.3 Å². The van der Waals surface area contributed by atoms with Gasteiger partial charge in [-0.1, -0.05) is 24.3 Å². The van der Waals surface area contributed by atoms with Gasteiger partial charge in [-0.3, -0.25) is 9.59 Å². The predicted molar refractivity (Wildman–Crippen MR) is 89.0 cm³/mol. The van der Waals surface area contributed by atoms with Gasteiger partial charge in [0.1, 0.15) is 5.82 Å². The molecule has 0 aliphatic heterocycles. The van der Waals surface area contributed by atoms with Crippen molar-refractivity contribution in [1.82, 2.24) is 10.6 Å². The van der Waals surface area contributed by atoms with Crippen LogP contribution in [-0.4, -0.2) is 24.9 Å². The molecule has 0 spiro atoms. The molecule has 4 nitrogen and oxygen atoms in total. The van der Waals surface area contributed by atoms with E-state index in [1.54, 1.807) is 24.3 Å². The van der Waals surface area contributed by atoms with Gasteiger partial charge in [0.2, 0.25) is 5.91 Å². The van der Waals surface area contributed by atoms with Crippen molar-refractivity contribution in [2.75, 3.05) is 13.1 Å². The van der Waals surface area contributed by atoms with Gasteiger partial charge >= 0.3 is 0 Å². The first-order valence-electron chi connectivity index (χ1n) is 7.48. The zero-order valence-corrected chi connectivity index (χ0v) is 13.5. The molecule has 2 N–H and O–H groups in total. The Kier molecular flexibility index (Phi) is 6.75. The van der Waals surface area contributed by atoms with E-state index < -0.39 is 0 Å².